The molecule has 18 heavy (non-hydrogen) atoms. The summed E-state index contributed by atoms with van der Waals surface area (Å²) in [7, 11) is 0. The van der Waals surface area contributed by atoms with Crippen LogP contribution in [0.5, 0.6) is 0 Å². The second-order valence-corrected chi connectivity index (χ2v) is 7.46. The summed E-state index contributed by atoms with van der Waals surface area (Å²) in [6.07, 6.45) is 6.73. The third-order valence-corrected chi connectivity index (χ3v) is 5.89. The van der Waals surface area contributed by atoms with E-state index in [1.165, 1.54) is 18.6 Å². The first-order valence-corrected chi connectivity index (χ1v) is 7.71. The Kier molecular flexibility index (Phi) is 5.81. The molecule has 0 spiro atoms. The van der Waals surface area contributed by atoms with Gasteiger partial charge in [0.15, 0.2) is 0 Å². The van der Waals surface area contributed by atoms with Crippen molar-refractivity contribution in [3.05, 3.63) is 0 Å². The molecule has 2 fully saturated rings. The summed E-state index contributed by atoms with van der Waals surface area (Å²) in [5.74, 6) is 1.43. The second kappa shape index (κ2) is 6.49. The lowest BCUT2D eigenvalue weighted by atomic mass is 9.85. The summed E-state index contributed by atoms with van der Waals surface area (Å²) >= 11 is 1.99. The van der Waals surface area contributed by atoms with E-state index in [2.05, 4.69) is 12.2 Å². The molecule has 1 unspecified atom stereocenters. The maximum atomic E-state index is 12.3. The van der Waals surface area contributed by atoms with E-state index in [4.69, 9.17) is 5.73 Å². The zero-order valence-corrected chi connectivity index (χ0v) is 12.8. The fraction of sp³-hybridized carbons (Fsp3) is 0.923. The van der Waals surface area contributed by atoms with E-state index in [1.807, 2.05) is 11.8 Å². The molecule has 0 radical (unpaired) electrons. The van der Waals surface area contributed by atoms with Crippen molar-refractivity contribution in [2.75, 3.05) is 18.8 Å². The first kappa shape index (κ1) is 16.1. The average Bonchev–Trinajstić information content (AvgIpc) is 2.96. The second-order valence-electron chi connectivity index (χ2n) is 5.78. The quantitative estimate of drug-likeness (QED) is 0.836. The number of thioether (sulfide) groups is 1. The van der Waals surface area contributed by atoms with Crippen LogP contribution in [0.15, 0.2) is 0 Å². The molecule has 0 aromatic heterocycles. The van der Waals surface area contributed by atoms with Crippen molar-refractivity contribution < 1.29 is 4.79 Å². The molecule has 1 aliphatic carbocycles. The molecule has 1 amide bonds. The number of nitrogens with two attached hydrogens (primary N) is 1. The Hall–Kier alpha value is 0.0700. The molecule has 0 aromatic carbocycles. The molecular weight excluding hydrogens is 268 g/mol. The average molecular weight is 293 g/mol. The van der Waals surface area contributed by atoms with Gasteiger partial charge in [0.2, 0.25) is 5.91 Å². The highest BCUT2D eigenvalue weighted by atomic mass is 35.5. The molecule has 0 aromatic rings. The van der Waals surface area contributed by atoms with Gasteiger partial charge in [0, 0.05) is 17.8 Å². The lowest BCUT2D eigenvalue weighted by Gasteiger charge is -2.29. The molecule has 1 heterocycles. The van der Waals surface area contributed by atoms with Crippen molar-refractivity contribution in [3.63, 3.8) is 0 Å². The van der Waals surface area contributed by atoms with E-state index >= 15 is 0 Å². The molecule has 2 aliphatic rings. The number of carbonyl (C=O) groups is 1. The first-order valence-electron chi connectivity index (χ1n) is 6.73. The van der Waals surface area contributed by atoms with E-state index in [1.54, 1.807) is 0 Å². The van der Waals surface area contributed by atoms with Crippen LogP contribution in [0.3, 0.4) is 0 Å². The number of hydrogen-bond acceptors (Lipinski definition) is 3. The molecule has 3 N–H and O–H groups in total. The molecule has 1 atom stereocenters. The van der Waals surface area contributed by atoms with E-state index in [0.717, 1.165) is 32.2 Å². The Labute approximate surface area is 120 Å². The number of carbonyl (C=O) groups excluding carboxylic acids is 1. The van der Waals surface area contributed by atoms with Gasteiger partial charge in [0.25, 0.3) is 0 Å². The summed E-state index contributed by atoms with van der Waals surface area (Å²) in [6, 6.07) is 0. The summed E-state index contributed by atoms with van der Waals surface area (Å²) in [6.45, 7) is 3.57. The van der Waals surface area contributed by atoms with E-state index < -0.39 is 0 Å². The van der Waals surface area contributed by atoms with Gasteiger partial charge >= 0.3 is 0 Å². The maximum Gasteiger partial charge on any atom is 0.227 e. The molecule has 106 valence electrons. The van der Waals surface area contributed by atoms with Crippen LogP contribution in [-0.4, -0.2) is 29.5 Å². The van der Waals surface area contributed by atoms with Gasteiger partial charge in [-0.25, -0.2) is 0 Å². The van der Waals surface area contributed by atoms with Crippen LogP contribution in [0.1, 0.15) is 45.4 Å². The van der Waals surface area contributed by atoms with Crippen LogP contribution in [0.2, 0.25) is 0 Å². The minimum atomic E-state index is -0.250. The molecule has 5 heteroatoms. The van der Waals surface area contributed by atoms with E-state index in [9.17, 15) is 4.79 Å². The van der Waals surface area contributed by atoms with E-state index in [0.29, 0.717) is 6.54 Å². The summed E-state index contributed by atoms with van der Waals surface area (Å²) < 4.78 is 0.254. The Morgan fingerprint density at radius 3 is 2.44 bits per heavy atom. The Morgan fingerprint density at radius 2 is 1.94 bits per heavy atom. The van der Waals surface area contributed by atoms with Crippen LogP contribution >= 0.6 is 24.2 Å². The number of hydrogen-bond donors (Lipinski definition) is 2. The monoisotopic (exact) mass is 292 g/mol. The fourth-order valence-electron chi connectivity index (χ4n) is 3.01. The lowest BCUT2D eigenvalue weighted by Crippen LogP contribution is -2.47. The standard InChI is InChI=1S/C13H24N2OS.ClH/c1-12(5-4-8-17-12)10-15-11(16)13(9-14)6-2-3-7-13;/h2-10,14H2,1H3,(H,15,16);1H. The minimum Gasteiger partial charge on any atom is -0.354 e. The molecule has 0 bridgehead atoms. The van der Waals surface area contributed by atoms with Crippen LogP contribution in [-0.2, 0) is 4.79 Å². The van der Waals surface area contributed by atoms with Gasteiger partial charge in [0.1, 0.15) is 0 Å². The molecule has 2 rings (SSSR count). The lowest BCUT2D eigenvalue weighted by molar-refractivity contribution is -0.130. The Balaban J connectivity index is 0.00000162. The first-order chi connectivity index (χ1) is 8.10. The van der Waals surface area contributed by atoms with Gasteiger partial charge in [-0.1, -0.05) is 12.8 Å². The molecular formula is C13H25ClN2OS. The zero-order chi connectivity index (χ0) is 12.4. The largest absolute Gasteiger partial charge is 0.354 e. The van der Waals surface area contributed by atoms with Crippen LogP contribution < -0.4 is 11.1 Å². The molecule has 1 saturated heterocycles. The maximum absolute atomic E-state index is 12.3. The van der Waals surface area contributed by atoms with Gasteiger partial charge in [-0.3, -0.25) is 4.79 Å². The number of halogens is 1. The highest BCUT2D eigenvalue weighted by molar-refractivity contribution is 8.00. The highest BCUT2D eigenvalue weighted by Crippen LogP contribution is 2.39. The third kappa shape index (κ3) is 3.34. The van der Waals surface area contributed by atoms with Gasteiger partial charge in [0.05, 0.1) is 5.41 Å². The highest BCUT2D eigenvalue weighted by Gasteiger charge is 2.40. The van der Waals surface area contributed by atoms with Gasteiger partial charge in [-0.15, -0.1) is 12.4 Å². The van der Waals surface area contributed by atoms with Gasteiger partial charge in [-0.2, -0.15) is 11.8 Å². The molecule has 3 nitrogen and oxygen atoms in total. The predicted octanol–water partition coefficient (Wildman–Crippen LogP) is 2.33. The molecule has 1 aliphatic heterocycles. The number of rotatable bonds is 4. The van der Waals surface area contributed by atoms with Crippen molar-refractivity contribution in [2.24, 2.45) is 11.1 Å². The smallest absolute Gasteiger partial charge is 0.227 e. The predicted molar refractivity (Wildman–Crippen MR) is 80.3 cm³/mol. The van der Waals surface area contributed by atoms with Crippen LogP contribution in [0.25, 0.3) is 0 Å². The van der Waals surface area contributed by atoms with Crippen molar-refractivity contribution in [1.82, 2.24) is 5.32 Å². The van der Waals surface area contributed by atoms with Crippen molar-refractivity contribution in [2.45, 2.75) is 50.2 Å². The van der Waals surface area contributed by atoms with Gasteiger partial charge < -0.3 is 11.1 Å². The fourth-order valence-corrected chi connectivity index (χ4v) is 4.25. The summed E-state index contributed by atoms with van der Waals surface area (Å²) in [4.78, 5) is 12.3. The minimum absolute atomic E-state index is 0. The third-order valence-electron chi connectivity index (χ3n) is 4.36. The number of amides is 1. The van der Waals surface area contributed by atoms with E-state index in [-0.39, 0.29) is 28.5 Å². The normalized spacial score (nSPS) is 29.9. The summed E-state index contributed by atoms with van der Waals surface area (Å²) in [5.41, 5.74) is 5.57. The number of nitrogens with one attached hydrogen (secondary N) is 1. The van der Waals surface area contributed by atoms with Gasteiger partial charge in [-0.05, 0) is 38.4 Å². The van der Waals surface area contributed by atoms with Crippen molar-refractivity contribution >= 4 is 30.1 Å². The Bertz CT molecular complexity index is 287. The van der Waals surface area contributed by atoms with Crippen molar-refractivity contribution in [1.29, 1.82) is 0 Å². The zero-order valence-electron chi connectivity index (χ0n) is 11.2. The van der Waals surface area contributed by atoms with Crippen LogP contribution in [0, 0.1) is 5.41 Å². The van der Waals surface area contributed by atoms with Crippen molar-refractivity contribution in [3.8, 4) is 0 Å². The van der Waals surface area contributed by atoms with Crippen LogP contribution in [0.4, 0.5) is 0 Å². The molecule has 1 saturated carbocycles. The summed E-state index contributed by atoms with van der Waals surface area (Å²) in [5, 5.41) is 3.16. The Morgan fingerprint density at radius 1 is 1.28 bits per heavy atom. The topological polar surface area (TPSA) is 55.1 Å². The SMILES string of the molecule is CC1(CNC(=O)C2(CN)CCCC2)CCCS1.Cl.